The molecular weight excluding hydrogens is 224 g/mol. The van der Waals surface area contributed by atoms with E-state index in [0.717, 1.165) is 30.2 Å². The van der Waals surface area contributed by atoms with E-state index in [-0.39, 0.29) is 11.8 Å². The highest BCUT2D eigenvalue weighted by Gasteiger charge is 2.51. The fraction of sp³-hybridized carbons (Fsp3) is 0.933. The first-order valence-electron chi connectivity index (χ1n) is 7.70. The molecule has 3 heteroatoms. The fourth-order valence-electron chi connectivity index (χ4n) is 5.37. The number of nitrogens with one attached hydrogen (secondary N) is 1. The van der Waals surface area contributed by atoms with E-state index in [4.69, 9.17) is 5.73 Å². The van der Waals surface area contributed by atoms with E-state index in [1.165, 1.54) is 32.1 Å². The lowest BCUT2D eigenvalue weighted by Crippen LogP contribution is -2.52. The molecular formula is C15H26N2O. The molecule has 4 bridgehead atoms. The summed E-state index contributed by atoms with van der Waals surface area (Å²) in [5.74, 6) is 4.37. The van der Waals surface area contributed by atoms with E-state index in [9.17, 15) is 4.79 Å². The van der Waals surface area contributed by atoms with E-state index in [1.807, 2.05) is 6.92 Å². The van der Waals surface area contributed by atoms with Gasteiger partial charge in [-0.1, -0.05) is 0 Å². The molecule has 1 atom stereocenters. The molecule has 0 aromatic heterocycles. The lowest BCUT2D eigenvalue weighted by atomic mass is 9.49. The SMILES string of the molecule is CCNC(=O)C(CN)C1C2CC3CC(C2)CC1C3. The van der Waals surface area contributed by atoms with Gasteiger partial charge in [0, 0.05) is 13.1 Å². The normalized spacial score (nSPS) is 42.9. The molecule has 4 rings (SSSR count). The molecule has 4 aliphatic carbocycles. The van der Waals surface area contributed by atoms with Crippen LogP contribution in [-0.4, -0.2) is 19.0 Å². The number of carbonyl (C=O) groups is 1. The molecule has 0 saturated heterocycles. The predicted molar refractivity (Wildman–Crippen MR) is 71.8 cm³/mol. The molecule has 0 aromatic rings. The van der Waals surface area contributed by atoms with Crippen LogP contribution in [0.15, 0.2) is 0 Å². The summed E-state index contributed by atoms with van der Waals surface area (Å²) in [6.45, 7) is 3.24. The summed E-state index contributed by atoms with van der Waals surface area (Å²) in [6, 6.07) is 0. The van der Waals surface area contributed by atoms with Crippen molar-refractivity contribution in [2.24, 2.45) is 41.2 Å². The van der Waals surface area contributed by atoms with Crippen LogP contribution in [0.2, 0.25) is 0 Å². The quantitative estimate of drug-likeness (QED) is 0.799. The summed E-state index contributed by atoms with van der Waals surface area (Å²) in [7, 11) is 0. The minimum atomic E-state index is 0.0694. The van der Waals surface area contributed by atoms with Crippen LogP contribution in [0.4, 0.5) is 0 Å². The summed E-state index contributed by atoms with van der Waals surface area (Å²) in [6.07, 6.45) is 6.94. The maximum absolute atomic E-state index is 12.2. The van der Waals surface area contributed by atoms with Gasteiger partial charge in [-0.05, 0) is 68.6 Å². The van der Waals surface area contributed by atoms with Gasteiger partial charge in [-0.25, -0.2) is 0 Å². The number of carbonyl (C=O) groups excluding carboxylic acids is 1. The lowest BCUT2D eigenvalue weighted by Gasteiger charge is -2.56. The molecule has 3 nitrogen and oxygen atoms in total. The molecule has 0 heterocycles. The zero-order chi connectivity index (χ0) is 12.7. The highest BCUT2D eigenvalue weighted by atomic mass is 16.1. The van der Waals surface area contributed by atoms with E-state index in [0.29, 0.717) is 12.5 Å². The number of rotatable bonds is 4. The second kappa shape index (κ2) is 4.84. The maximum Gasteiger partial charge on any atom is 0.224 e. The zero-order valence-electron chi connectivity index (χ0n) is 11.4. The zero-order valence-corrected chi connectivity index (χ0v) is 11.4. The monoisotopic (exact) mass is 250 g/mol. The minimum Gasteiger partial charge on any atom is -0.356 e. The van der Waals surface area contributed by atoms with Gasteiger partial charge in [-0.2, -0.15) is 0 Å². The van der Waals surface area contributed by atoms with Crippen molar-refractivity contribution in [3.05, 3.63) is 0 Å². The topological polar surface area (TPSA) is 55.1 Å². The Balaban J connectivity index is 1.76. The van der Waals surface area contributed by atoms with E-state index >= 15 is 0 Å². The van der Waals surface area contributed by atoms with Crippen molar-refractivity contribution in [2.45, 2.75) is 39.0 Å². The summed E-state index contributed by atoms with van der Waals surface area (Å²) >= 11 is 0. The van der Waals surface area contributed by atoms with Gasteiger partial charge in [-0.15, -0.1) is 0 Å². The van der Waals surface area contributed by atoms with Crippen LogP contribution in [-0.2, 0) is 4.79 Å². The Labute approximate surface area is 110 Å². The van der Waals surface area contributed by atoms with Crippen LogP contribution in [0.1, 0.15) is 39.0 Å². The largest absolute Gasteiger partial charge is 0.356 e. The average Bonchev–Trinajstić information content (AvgIpc) is 2.33. The third-order valence-corrected chi connectivity index (χ3v) is 5.71. The van der Waals surface area contributed by atoms with E-state index in [2.05, 4.69) is 5.32 Å². The Morgan fingerprint density at radius 1 is 1.17 bits per heavy atom. The second-order valence-electron chi connectivity index (χ2n) is 6.74. The number of hydrogen-bond donors (Lipinski definition) is 2. The molecule has 18 heavy (non-hydrogen) atoms. The summed E-state index contributed by atoms with van der Waals surface area (Å²) < 4.78 is 0. The van der Waals surface area contributed by atoms with E-state index < -0.39 is 0 Å². The van der Waals surface area contributed by atoms with Crippen LogP contribution >= 0.6 is 0 Å². The van der Waals surface area contributed by atoms with Crippen molar-refractivity contribution in [3.63, 3.8) is 0 Å². The molecule has 0 spiro atoms. The Bertz CT molecular complexity index is 300. The maximum atomic E-state index is 12.2. The van der Waals surface area contributed by atoms with Crippen molar-refractivity contribution in [2.75, 3.05) is 13.1 Å². The van der Waals surface area contributed by atoms with Crippen LogP contribution in [0, 0.1) is 35.5 Å². The number of hydrogen-bond acceptors (Lipinski definition) is 2. The Morgan fingerprint density at radius 3 is 2.17 bits per heavy atom. The summed E-state index contributed by atoms with van der Waals surface area (Å²) in [4.78, 5) is 12.2. The molecule has 1 unspecified atom stereocenters. The molecule has 0 aromatic carbocycles. The molecule has 4 aliphatic rings. The molecule has 0 radical (unpaired) electrons. The summed E-state index contributed by atoms with van der Waals surface area (Å²) in [5, 5.41) is 2.99. The lowest BCUT2D eigenvalue weighted by molar-refractivity contribution is -0.133. The smallest absolute Gasteiger partial charge is 0.224 e. The Hall–Kier alpha value is -0.570. The van der Waals surface area contributed by atoms with Gasteiger partial charge < -0.3 is 11.1 Å². The van der Waals surface area contributed by atoms with Gasteiger partial charge in [0.2, 0.25) is 5.91 Å². The van der Waals surface area contributed by atoms with Gasteiger partial charge in [0.1, 0.15) is 0 Å². The highest BCUT2D eigenvalue weighted by Crippen LogP contribution is 2.58. The average molecular weight is 250 g/mol. The first kappa shape index (κ1) is 12.5. The van der Waals surface area contributed by atoms with Crippen LogP contribution < -0.4 is 11.1 Å². The van der Waals surface area contributed by atoms with Crippen LogP contribution in [0.25, 0.3) is 0 Å². The Kier molecular flexibility index (Phi) is 3.35. The summed E-state index contributed by atoms with van der Waals surface area (Å²) in [5.41, 5.74) is 5.92. The predicted octanol–water partition coefficient (Wildman–Crippen LogP) is 1.77. The van der Waals surface area contributed by atoms with Gasteiger partial charge in [-0.3, -0.25) is 4.79 Å². The number of nitrogens with two attached hydrogens (primary N) is 1. The molecule has 1 amide bonds. The Morgan fingerprint density at radius 2 is 1.72 bits per heavy atom. The fourth-order valence-corrected chi connectivity index (χ4v) is 5.37. The van der Waals surface area contributed by atoms with Gasteiger partial charge in [0.05, 0.1) is 5.92 Å². The van der Waals surface area contributed by atoms with E-state index in [1.54, 1.807) is 0 Å². The molecule has 0 aliphatic heterocycles. The van der Waals surface area contributed by atoms with Crippen molar-refractivity contribution < 1.29 is 4.79 Å². The van der Waals surface area contributed by atoms with Crippen LogP contribution in [0.3, 0.4) is 0 Å². The molecule has 3 N–H and O–H groups in total. The second-order valence-corrected chi connectivity index (χ2v) is 6.74. The van der Waals surface area contributed by atoms with Gasteiger partial charge in [0.25, 0.3) is 0 Å². The van der Waals surface area contributed by atoms with Crippen molar-refractivity contribution in [1.82, 2.24) is 5.32 Å². The first-order chi connectivity index (χ1) is 8.72. The highest BCUT2D eigenvalue weighted by molar-refractivity contribution is 5.79. The molecule has 4 fully saturated rings. The molecule has 102 valence electrons. The van der Waals surface area contributed by atoms with Crippen molar-refractivity contribution >= 4 is 5.91 Å². The van der Waals surface area contributed by atoms with Gasteiger partial charge >= 0.3 is 0 Å². The molecule has 4 saturated carbocycles. The first-order valence-corrected chi connectivity index (χ1v) is 7.70. The van der Waals surface area contributed by atoms with Crippen molar-refractivity contribution in [1.29, 1.82) is 0 Å². The minimum absolute atomic E-state index is 0.0694. The standard InChI is InChI=1S/C15H26N2O/c1-2-17-15(18)13(8-16)14-11-4-9-3-10(6-11)7-12(14)5-9/h9-14H,2-8,16H2,1H3,(H,17,18). The third kappa shape index (κ3) is 1.97. The van der Waals surface area contributed by atoms with Crippen molar-refractivity contribution in [3.8, 4) is 0 Å². The number of amides is 1. The third-order valence-electron chi connectivity index (χ3n) is 5.71. The van der Waals surface area contributed by atoms with Crippen LogP contribution in [0.5, 0.6) is 0 Å². The van der Waals surface area contributed by atoms with Gasteiger partial charge in [0.15, 0.2) is 0 Å².